The van der Waals surface area contributed by atoms with Crippen LogP contribution in [0.5, 0.6) is 0 Å². The van der Waals surface area contributed by atoms with Crippen molar-refractivity contribution in [3.05, 3.63) is 21.3 Å². The van der Waals surface area contributed by atoms with Gasteiger partial charge in [0.15, 0.2) is 17.1 Å². The van der Waals surface area contributed by atoms with Crippen LogP contribution in [0.15, 0.2) is 25.6 Å². The van der Waals surface area contributed by atoms with Crippen LogP contribution in [0.4, 0.5) is 5.88 Å². The zero-order valence-electron chi connectivity index (χ0n) is 11.6. The number of thioether (sulfide) groups is 1. The monoisotopic (exact) mass is 375 g/mol. The number of furan rings is 1. The second-order valence-electron chi connectivity index (χ2n) is 4.58. The van der Waals surface area contributed by atoms with Crippen LogP contribution in [-0.4, -0.2) is 25.1 Å². The van der Waals surface area contributed by atoms with Gasteiger partial charge in [-0.1, -0.05) is 25.6 Å². The van der Waals surface area contributed by atoms with E-state index in [4.69, 9.17) is 21.1 Å². The van der Waals surface area contributed by atoms with Crippen molar-refractivity contribution in [1.82, 2.24) is 0 Å². The number of rotatable bonds is 7. The van der Waals surface area contributed by atoms with Crippen molar-refractivity contribution >= 4 is 57.0 Å². The second-order valence-corrected chi connectivity index (χ2v) is 7.10. The molecule has 3 nitrogen and oxygen atoms in total. The largest absolute Gasteiger partial charge is 0.458 e. The Bertz CT molecular complexity index is 623. The Morgan fingerprint density at radius 2 is 2.15 bits per heavy atom. The molecule has 0 aliphatic heterocycles. The molecule has 0 aromatic carbocycles. The minimum Gasteiger partial charge on any atom is -0.458 e. The predicted octanol–water partition coefficient (Wildman–Crippen LogP) is 5.49. The van der Waals surface area contributed by atoms with Gasteiger partial charge in [-0.2, -0.15) is 11.8 Å². The summed E-state index contributed by atoms with van der Waals surface area (Å²) in [4.78, 5) is 2.09. The predicted molar refractivity (Wildman–Crippen MR) is 92.5 cm³/mol. The number of halogens is 1. The molecule has 0 atom stereocenters. The molecular weight excluding hydrogens is 358 g/mol. The van der Waals surface area contributed by atoms with E-state index < -0.39 is 0 Å². The van der Waals surface area contributed by atoms with Crippen molar-refractivity contribution < 1.29 is 8.83 Å². The van der Waals surface area contributed by atoms with E-state index in [0.29, 0.717) is 15.7 Å². The topological polar surface area (TPSA) is 29.5 Å². The molecule has 2 rings (SSSR count). The molecule has 0 N–H and O–H groups in total. The first-order valence-corrected chi connectivity index (χ1v) is 8.98. The molecule has 0 saturated heterocycles. The zero-order chi connectivity index (χ0) is 14.5. The summed E-state index contributed by atoms with van der Waals surface area (Å²) < 4.78 is 12.7. The Balaban J connectivity index is 2.04. The number of unbranched alkanes of at least 4 members (excludes halogenated alkanes) is 1. The molecule has 2 aromatic heterocycles. The Kier molecular flexibility index (Phi) is 5.99. The summed E-state index contributed by atoms with van der Waals surface area (Å²) in [5.74, 6) is 3.09. The van der Waals surface area contributed by atoms with Gasteiger partial charge in [-0.05, 0) is 28.1 Å². The molecule has 2 heterocycles. The van der Waals surface area contributed by atoms with Crippen LogP contribution in [0.25, 0.3) is 11.2 Å². The fraction of sp³-hybridized carbons (Fsp3) is 0.500. The number of hydrogen-bond donors (Lipinski definition) is 0. The van der Waals surface area contributed by atoms with E-state index in [9.17, 15) is 0 Å². The van der Waals surface area contributed by atoms with Crippen LogP contribution in [0, 0.1) is 4.51 Å². The molecule has 0 saturated carbocycles. The molecule has 2 aromatic rings. The summed E-state index contributed by atoms with van der Waals surface area (Å²) in [7, 11) is 2.02. The van der Waals surface area contributed by atoms with E-state index in [2.05, 4.69) is 27.8 Å². The molecule has 110 valence electrons. The van der Waals surface area contributed by atoms with Gasteiger partial charge in [-0.15, -0.1) is 0 Å². The maximum absolute atomic E-state index is 5.86. The van der Waals surface area contributed by atoms with Crippen LogP contribution in [0.3, 0.4) is 0 Å². The van der Waals surface area contributed by atoms with Crippen molar-refractivity contribution in [2.45, 2.75) is 19.8 Å². The average Bonchev–Trinajstić information content (AvgIpc) is 2.81. The lowest BCUT2D eigenvalue weighted by atomic mass is 10.4. The number of anilines is 1. The van der Waals surface area contributed by atoms with Crippen LogP contribution >= 0.6 is 39.9 Å². The molecule has 0 amide bonds. The summed E-state index contributed by atoms with van der Waals surface area (Å²) in [6.07, 6.45) is 4.14. The minimum atomic E-state index is 0.626. The van der Waals surface area contributed by atoms with Gasteiger partial charge in [0.2, 0.25) is 0 Å². The van der Waals surface area contributed by atoms with Gasteiger partial charge >= 0.3 is 0 Å². The van der Waals surface area contributed by atoms with Gasteiger partial charge < -0.3 is 13.7 Å². The maximum atomic E-state index is 5.86. The zero-order valence-corrected chi connectivity index (χ0v) is 14.9. The van der Waals surface area contributed by atoms with Crippen LogP contribution in [0.1, 0.15) is 19.8 Å². The van der Waals surface area contributed by atoms with Gasteiger partial charge in [0, 0.05) is 25.4 Å². The quantitative estimate of drug-likeness (QED) is 0.471. The lowest BCUT2D eigenvalue weighted by molar-refractivity contribution is 0.573. The molecule has 20 heavy (non-hydrogen) atoms. The summed E-state index contributed by atoms with van der Waals surface area (Å²) in [6.45, 7) is 3.16. The molecule has 0 aliphatic rings. The van der Waals surface area contributed by atoms with E-state index >= 15 is 0 Å². The first-order valence-electron chi connectivity index (χ1n) is 6.63. The molecule has 0 radical (unpaired) electrons. The normalized spacial score (nSPS) is 11.2. The Hall–Kier alpha value is -0.460. The van der Waals surface area contributed by atoms with Gasteiger partial charge in [0.25, 0.3) is 0 Å². The molecule has 0 aliphatic carbocycles. The molecular formula is C14H18BrNO2S2. The standard InChI is InChI=1S/C14H18BrNO2S2/c1-3-4-6-20-7-5-16(2)12-8-11(19)14-13(18-12)10(15)9-17-14/h8-9H,3-7H2,1-2H3. The summed E-state index contributed by atoms with van der Waals surface area (Å²) in [5, 5.41) is 0. The van der Waals surface area contributed by atoms with E-state index in [1.807, 2.05) is 24.9 Å². The first-order chi connectivity index (χ1) is 9.63. The van der Waals surface area contributed by atoms with Gasteiger partial charge in [0.1, 0.15) is 6.26 Å². The molecule has 6 heteroatoms. The van der Waals surface area contributed by atoms with E-state index in [0.717, 1.165) is 22.7 Å². The number of nitrogens with zero attached hydrogens (tertiary/aromatic N) is 1. The van der Waals surface area contributed by atoms with Crippen LogP contribution in [0.2, 0.25) is 0 Å². The second kappa shape index (κ2) is 7.52. The summed E-state index contributed by atoms with van der Waals surface area (Å²) in [6, 6.07) is 1.85. The highest BCUT2D eigenvalue weighted by Gasteiger charge is 2.12. The average molecular weight is 376 g/mol. The molecule has 0 spiro atoms. The summed E-state index contributed by atoms with van der Waals surface area (Å²) in [5.41, 5.74) is 1.30. The highest BCUT2D eigenvalue weighted by atomic mass is 79.9. The molecule has 0 unspecified atom stereocenters. The lowest BCUT2D eigenvalue weighted by Gasteiger charge is -2.17. The third-order valence-corrected chi connectivity index (χ3v) is 4.88. The minimum absolute atomic E-state index is 0.626. The SMILES string of the molecule is CCCCSCCN(C)c1cc(=S)c2occ(Br)c2o1. The van der Waals surface area contributed by atoms with Crippen molar-refractivity contribution in [2.24, 2.45) is 0 Å². The molecule has 0 bridgehead atoms. The van der Waals surface area contributed by atoms with Gasteiger partial charge in [-0.3, -0.25) is 0 Å². The highest BCUT2D eigenvalue weighted by molar-refractivity contribution is 9.10. The van der Waals surface area contributed by atoms with Crippen LogP contribution in [-0.2, 0) is 0 Å². The van der Waals surface area contributed by atoms with Crippen molar-refractivity contribution in [3.63, 3.8) is 0 Å². The first kappa shape index (κ1) is 15.9. The number of hydrogen-bond acceptors (Lipinski definition) is 5. The lowest BCUT2D eigenvalue weighted by Crippen LogP contribution is -2.20. The Labute approximate surface area is 136 Å². The Morgan fingerprint density at radius 1 is 1.35 bits per heavy atom. The third-order valence-electron chi connectivity index (χ3n) is 2.98. The molecule has 0 fully saturated rings. The van der Waals surface area contributed by atoms with Crippen molar-refractivity contribution in [3.8, 4) is 0 Å². The van der Waals surface area contributed by atoms with Crippen LogP contribution < -0.4 is 4.90 Å². The third kappa shape index (κ3) is 3.80. The fourth-order valence-corrected chi connectivity index (χ4v) is 3.45. The Morgan fingerprint density at radius 3 is 2.90 bits per heavy atom. The van der Waals surface area contributed by atoms with E-state index in [-0.39, 0.29) is 0 Å². The highest BCUT2D eigenvalue weighted by Crippen LogP contribution is 2.30. The smallest absolute Gasteiger partial charge is 0.197 e. The van der Waals surface area contributed by atoms with Crippen molar-refractivity contribution in [1.29, 1.82) is 0 Å². The summed E-state index contributed by atoms with van der Waals surface area (Å²) >= 11 is 10.7. The fourth-order valence-electron chi connectivity index (χ4n) is 1.75. The van der Waals surface area contributed by atoms with Gasteiger partial charge in [-0.25, -0.2) is 0 Å². The van der Waals surface area contributed by atoms with Gasteiger partial charge in [0.05, 0.1) is 8.98 Å². The number of fused-ring (bicyclic) bond motifs is 1. The van der Waals surface area contributed by atoms with Crippen molar-refractivity contribution in [2.75, 3.05) is 30.0 Å². The maximum Gasteiger partial charge on any atom is 0.197 e. The van der Waals surface area contributed by atoms with E-state index in [1.165, 1.54) is 18.6 Å². The van der Waals surface area contributed by atoms with E-state index in [1.54, 1.807) is 6.26 Å².